The van der Waals surface area contributed by atoms with E-state index in [-0.39, 0.29) is 62.1 Å². The van der Waals surface area contributed by atoms with Crippen LogP contribution in [0.4, 0.5) is 26.3 Å². The Morgan fingerprint density at radius 2 is 0.791 bits per heavy atom. The molecule has 0 radical (unpaired) electrons. The molecule has 220 valence electrons. The van der Waals surface area contributed by atoms with Gasteiger partial charge in [-0.25, -0.2) is 0 Å². The molecule has 0 heterocycles. The zero-order chi connectivity index (χ0) is 28.7. The number of halogens is 8. The maximum absolute atomic E-state index is 13.1. The van der Waals surface area contributed by atoms with E-state index in [1.54, 1.807) is 36.4 Å². The van der Waals surface area contributed by atoms with E-state index >= 15 is 0 Å². The molecule has 0 saturated heterocycles. The number of fused-ring (bicyclic) bond motifs is 2. The van der Waals surface area contributed by atoms with Gasteiger partial charge in [0.25, 0.3) is 0 Å². The molecule has 6 aromatic carbocycles. The molecule has 0 spiro atoms. The van der Waals surface area contributed by atoms with Crippen molar-refractivity contribution in [3.8, 4) is 22.3 Å². The first kappa shape index (κ1) is 36.3. The van der Waals surface area contributed by atoms with Crippen LogP contribution in [0.5, 0.6) is 0 Å². The van der Waals surface area contributed by atoms with Crippen molar-refractivity contribution in [3.05, 3.63) is 131 Å². The van der Waals surface area contributed by atoms with Crippen LogP contribution in [0.25, 0.3) is 43.8 Å². The second kappa shape index (κ2) is 14.3. The van der Waals surface area contributed by atoms with Crippen molar-refractivity contribution in [2.45, 2.75) is 26.2 Å². The number of benzene rings is 4. The van der Waals surface area contributed by atoms with Gasteiger partial charge in [-0.05, 0) is 23.3 Å². The molecule has 0 bridgehead atoms. The molecule has 0 aliphatic carbocycles. The summed E-state index contributed by atoms with van der Waals surface area (Å²) in [5.74, 6) is 0. The molecule has 0 nitrogen and oxygen atoms in total. The molecule has 0 amide bonds. The van der Waals surface area contributed by atoms with E-state index in [0.29, 0.717) is 11.1 Å². The number of alkyl halides is 6. The molecule has 6 rings (SSSR count). The number of hydrogen-bond acceptors (Lipinski definition) is 0. The molecule has 0 fully saturated rings. The van der Waals surface area contributed by atoms with E-state index in [9.17, 15) is 26.3 Å². The molecular weight excluding hydrogens is 684 g/mol. The Morgan fingerprint density at radius 3 is 1.14 bits per heavy atom. The summed E-state index contributed by atoms with van der Waals surface area (Å²) in [6.07, 6.45) is -8.69. The molecule has 43 heavy (non-hydrogen) atoms. The average Bonchev–Trinajstić information content (AvgIpc) is 3.48. The molecule has 0 aliphatic rings. The van der Waals surface area contributed by atoms with Crippen molar-refractivity contribution >= 4 is 21.5 Å². The molecule has 6 aromatic rings. The predicted molar refractivity (Wildman–Crippen MR) is 149 cm³/mol. The molecule has 0 unspecified atom stereocenters. The van der Waals surface area contributed by atoms with Crippen molar-refractivity contribution in [2.24, 2.45) is 0 Å². The zero-order valence-corrected chi connectivity index (χ0v) is 26.9. The Labute approximate surface area is 277 Å². The summed E-state index contributed by atoms with van der Waals surface area (Å²) in [4.78, 5) is 0. The van der Waals surface area contributed by atoms with Crippen molar-refractivity contribution in [1.82, 2.24) is 0 Å². The van der Waals surface area contributed by atoms with Crippen LogP contribution in [0, 0.1) is 13.8 Å². The Balaban J connectivity index is 0.000000281. The summed E-state index contributed by atoms with van der Waals surface area (Å²) in [6, 6.07) is 30.2. The van der Waals surface area contributed by atoms with Gasteiger partial charge in [0, 0.05) is 0 Å². The third kappa shape index (κ3) is 7.81. The van der Waals surface area contributed by atoms with Crippen molar-refractivity contribution < 1.29 is 77.4 Å². The number of hydrogen-bond donors (Lipinski definition) is 0. The Morgan fingerprint density at radius 1 is 0.465 bits per heavy atom. The van der Waals surface area contributed by atoms with Crippen molar-refractivity contribution in [3.63, 3.8) is 0 Å². The quantitative estimate of drug-likeness (QED) is 0.174. The molecule has 0 saturated carbocycles. The van der Waals surface area contributed by atoms with E-state index in [1.165, 1.54) is 24.3 Å². The maximum atomic E-state index is 13.1. The van der Waals surface area contributed by atoms with Gasteiger partial charge in [0.2, 0.25) is 0 Å². The minimum absolute atomic E-state index is 0. The molecule has 0 N–H and O–H groups in total. The standard InChI is InChI=1S/2C17H12F3.2ClH.Zr/c2*1-11-9-12-5-4-7-13(15(12)10-11)14-6-2-3-8-16(14)17(18,19)20;;;/h2*2-10H,1H3;2*1H;/q2*-1;;;+4/p-2. The predicted octanol–water partition coefficient (Wildman–Crippen LogP) is 5.11. The Kier molecular flexibility index (Phi) is 12.1. The van der Waals surface area contributed by atoms with Gasteiger partial charge >= 0.3 is 38.6 Å². The van der Waals surface area contributed by atoms with Crippen LogP contribution in [0.1, 0.15) is 22.3 Å². The average molecular weight is 709 g/mol. The van der Waals surface area contributed by atoms with Crippen LogP contribution in [-0.2, 0) is 38.6 Å². The van der Waals surface area contributed by atoms with Gasteiger partial charge in [-0.3, -0.25) is 0 Å². The second-order valence-corrected chi connectivity index (χ2v) is 9.77. The van der Waals surface area contributed by atoms with Crippen molar-refractivity contribution in [2.75, 3.05) is 0 Å². The summed E-state index contributed by atoms with van der Waals surface area (Å²) in [5.41, 5.74) is 2.64. The van der Waals surface area contributed by atoms with E-state index in [2.05, 4.69) is 0 Å². The van der Waals surface area contributed by atoms with E-state index in [4.69, 9.17) is 0 Å². The zero-order valence-electron chi connectivity index (χ0n) is 22.9. The monoisotopic (exact) mass is 706 g/mol. The topological polar surface area (TPSA) is 0 Å². The van der Waals surface area contributed by atoms with Crippen LogP contribution in [0.2, 0.25) is 0 Å². The minimum Gasteiger partial charge on any atom is -1.00 e. The van der Waals surface area contributed by atoms with Gasteiger partial charge < -0.3 is 24.8 Å². The van der Waals surface area contributed by atoms with E-state index in [0.717, 1.165) is 44.8 Å². The SMILES string of the molecule is Cc1cc2c(-c3ccccc3C(F)(F)F)cccc2[cH-]1.Cc1cc2c(-c3ccccc3C(F)(F)F)cccc2[cH-]1.[Cl-].[Cl-].[Zr+4]. The van der Waals surface area contributed by atoms with Gasteiger partial charge in [0.1, 0.15) is 0 Å². The third-order valence-corrected chi connectivity index (χ3v) is 6.84. The first-order valence-corrected chi connectivity index (χ1v) is 12.6. The van der Waals surface area contributed by atoms with Crippen molar-refractivity contribution in [1.29, 1.82) is 0 Å². The molecular formula is C34H24Cl2F6Zr. The maximum Gasteiger partial charge on any atom is 4.00 e. The summed E-state index contributed by atoms with van der Waals surface area (Å²) >= 11 is 0. The first-order valence-electron chi connectivity index (χ1n) is 12.6. The van der Waals surface area contributed by atoms with Crippen LogP contribution in [0.15, 0.2) is 109 Å². The summed E-state index contributed by atoms with van der Waals surface area (Å²) in [5, 5.41) is 3.66. The minimum atomic E-state index is -4.35. The van der Waals surface area contributed by atoms with Gasteiger partial charge in [0.15, 0.2) is 0 Å². The molecule has 0 atom stereocenters. The summed E-state index contributed by atoms with van der Waals surface area (Å²) in [6.45, 7) is 3.89. The molecule has 0 aromatic heterocycles. The second-order valence-electron chi connectivity index (χ2n) is 9.77. The smallest absolute Gasteiger partial charge is 1.00 e. The van der Waals surface area contributed by atoms with Gasteiger partial charge in [-0.15, -0.1) is 69.1 Å². The normalized spacial score (nSPS) is 11.2. The van der Waals surface area contributed by atoms with Crippen LogP contribution in [0.3, 0.4) is 0 Å². The van der Waals surface area contributed by atoms with Crippen LogP contribution < -0.4 is 24.8 Å². The Bertz CT molecular complexity index is 1680. The Hall–Kier alpha value is -2.86. The van der Waals surface area contributed by atoms with Crippen LogP contribution >= 0.6 is 0 Å². The fourth-order valence-electron chi connectivity index (χ4n) is 5.17. The van der Waals surface area contributed by atoms with Gasteiger partial charge in [-0.1, -0.05) is 73.5 Å². The summed E-state index contributed by atoms with van der Waals surface area (Å²) < 4.78 is 78.8. The van der Waals surface area contributed by atoms with E-state index < -0.39 is 23.5 Å². The van der Waals surface area contributed by atoms with Gasteiger partial charge in [0.05, 0.1) is 11.1 Å². The van der Waals surface area contributed by atoms with Gasteiger partial charge in [-0.2, -0.15) is 38.5 Å². The largest absolute Gasteiger partial charge is 4.00 e. The van der Waals surface area contributed by atoms with E-state index in [1.807, 2.05) is 50.2 Å². The number of rotatable bonds is 2. The van der Waals surface area contributed by atoms with Crippen LogP contribution in [-0.4, -0.2) is 0 Å². The first-order chi connectivity index (χ1) is 18.9. The molecule has 9 heteroatoms. The number of aryl methyl sites for hydroxylation is 2. The fraction of sp³-hybridized carbons (Fsp3) is 0.118. The fourth-order valence-corrected chi connectivity index (χ4v) is 5.17. The third-order valence-electron chi connectivity index (χ3n) is 6.84. The summed E-state index contributed by atoms with van der Waals surface area (Å²) in [7, 11) is 0. The molecule has 0 aliphatic heterocycles.